The number of benzene rings is 2. The predicted octanol–water partition coefficient (Wildman–Crippen LogP) is 3.91. The molecule has 0 saturated carbocycles. The number of nitro groups is 2. The van der Waals surface area contributed by atoms with Gasteiger partial charge in [0.05, 0.1) is 33.8 Å². The standard InChI is InChI=1S/C23H19ClN4O7/c1-13-3-2-4-18-20(13)23(31)26(22(18)30)25(12-15-5-8-16(24)11-19(15)28(34)35)21(29)14-6-9-17(10-7-14)27(32)33/h2-3,5-11,13,18,20H,4,12H2,1H3/t13-,18+,20+/m1/s1. The first-order valence-electron chi connectivity index (χ1n) is 10.6. The van der Waals surface area contributed by atoms with E-state index in [0.717, 1.165) is 28.2 Å². The molecule has 0 unspecified atom stereocenters. The highest BCUT2D eigenvalue weighted by molar-refractivity contribution is 6.30. The van der Waals surface area contributed by atoms with E-state index in [0.29, 0.717) is 6.42 Å². The molecule has 0 aromatic heterocycles. The van der Waals surface area contributed by atoms with Crippen LogP contribution in [-0.2, 0) is 16.1 Å². The highest BCUT2D eigenvalue weighted by Gasteiger charge is 2.53. The molecular weight excluding hydrogens is 480 g/mol. The number of hydrazine groups is 1. The second kappa shape index (κ2) is 9.26. The molecule has 1 saturated heterocycles. The summed E-state index contributed by atoms with van der Waals surface area (Å²) in [4.78, 5) is 61.5. The van der Waals surface area contributed by atoms with Crippen molar-refractivity contribution in [2.24, 2.45) is 17.8 Å². The summed E-state index contributed by atoms with van der Waals surface area (Å²) < 4.78 is 0. The number of imide groups is 1. The highest BCUT2D eigenvalue weighted by atomic mass is 35.5. The van der Waals surface area contributed by atoms with Gasteiger partial charge in [0.25, 0.3) is 29.1 Å². The molecule has 2 aromatic rings. The van der Waals surface area contributed by atoms with E-state index in [1.54, 1.807) is 6.92 Å². The number of fused-ring (bicyclic) bond motifs is 1. The maximum absolute atomic E-state index is 13.5. The van der Waals surface area contributed by atoms with Gasteiger partial charge in [0.2, 0.25) is 0 Å². The van der Waals surface area contributed by atoms with Gasteiger partial charge in [-0.3, -0.25) is 34.6 Å². The van der Waals surface area contributed by atoms with Gasteiger partial charge in [-0.15, -0.1) is 0 Å². The Bertz CT molecular complexity index is 1280. The lowest BCUT2D eigenvalue weighted by Gasteiger charge is -2.30. The largest absolute Gasteiger partial charge is 0.275 e. The molecule has 11 nitrogen and oxygen atoms in total. The monoisotopic (exact) mass is 498 g/mol. The molecule has 0 bridgehead atoms. The van der Waals surface area contributed by atoms with Gasteiger partial charge >= 0.3 is 0 Å². The highest BCUT2D eigenvalue weighted by Crippen LogP contribution is 2.40. The Morgan fingerprint density at radius 2 is 1.77 bits per heavy atom. The van der Waals surface area contributed by atoms with Crippen molar-refractivity contribution >= 4 is 40.7 Å². The molecular formula is C23H19ClN4O7. The van der Waals surface area contributed by atoms with E-state index in [1.165, 1.54) is 24.3 Å². The number of carbonyl (C=O) groups excluding carboxylic acids is 3. The van der Waals surface area contributed by atoms with Crippen molar-refractivity contribution in [3.05, 3.63) is 91.0 Å². The lowest BCUT2D eigenvalue weighted by atomic mass is 9.78. The van der Waals surface area contributed by atoms with Crippen molar-refractivity contribution in [3.63, 3.8) is 0 Å². The minimum Gasteiger partial charge on any atom is -0.272 e. The van der Waals surface area contributed by atoms with Crippen LogP contribution in [0.2, 0.25) is 5.02 Å². The number of amides is 3. The van der Waals surface area contributed by atoms with E-state index in [2.05, 4.69) is 0 Å². The first-order chi connectivity index (χ1) is 16.6. The van der Waals surface area contributed by atoms with Gasteiger partial charge in [-0.1, -0.05) is 30.7 Å². The summed E-state index contributed by atoms with van der Waals surface area (Å²) in [5, 5.41) is 24.3. The summed E-state index contributed by atoms with van der Waals surface area (Å²) in [6.45, 7) is 1.33. The molecule has 4 rings (SSSR count). The average Bonchev–Trinajstić information content (AvgIpc) is 3.08. The maximum Gasteiger partial charge on any atom is 0.275 e. The Morgan fingerprint density at radius 3 is 2.37 bits per heavy atom. The Balaban J connectivity index is 1.78. The summed E-state index contributed by atoms with van der Waals surface area (Å²) in [7, 11) is 0. The normalized spacial score (nSPS) is 21.1. The zero-order chi connectivity index (χ0) is 25.4. The van der Waals surface area contributed by atoms with Crippen molar-refractivity contribution in [1.82, 2.24) is 10.0 Å². The van der Waals surface area contributed by atoms with Crippen LogP contribution in [-0.4, -0.2) is 37.6 Å². The van der Waals surface area contributed by atoms with Crippen LogP contribution in [0.5, 0.6) is 0 Å². The molecule has 180 valence electrons. The molecule has 12 heteroatoms. The van der Waals surface area contributed by atoms with Crippen LogP contribution in [0.3, 0.4) is 0 Å². The summed E-state index contributed by atoms with van der Waals surface area (Å²) in [5.41, 5.74) is -0.614. The number of non-ortho nitro benzene ring substituents is 1. The van der Waals surface area contributed by atoms with E-state index in [1.807, 2.05) is 12.2 Å². The van der Waals surface area contributed by atoms with Gasteiger partial charge in [0.1, 0.15) is 0 Å². The summed E-state index contributed by atoms with van der Waals surface area (Å²) in [5.74, 6) is -3.54. The maximum atomic E-state index is 13.5. The number of carbonyl (C=O) groups is 3. The fourth-order valence-electron chi connectivity index (χ4n) is 4.48. The van der Waals surface area contributed by atoms with E-state index >= 15 is 0 Å². The van der Waals surface area contributed by atoms with E-state index in [4.69, 9.17) is 11.6 Å². The number of hydrogen-bond acceptors (Lipinski definition) is 7. The van der Waals surface area contributed by atoms with E-state index < -0.39 is 45.9 Å². The van der Waals surface area contributed by atoms with Gasteiger partial charge in [-0.2, -0.15) is 5.01 Å². The number of nitro benzene ring substituents is 2. The minimum atomic E-state index is -0.815. The van der Waals surface area contributed by atoms with Crippen LogP contribution in [0.1, 0.15) is 29.3 Å². The van der Waals surface area contributed by atoms with Crippen LogP contribution >= 0.6 is 11.6 Å². The zero-order valence-corrected chi connectivity index (χ0v) is 19.1. The van der Waals surface area contributed by atoms with Crippen LogP contribution in [0.4, 0.5) is 11.4 Å². The molecule has 3 atom stereocenters. The Morgan fingerprint density at radius 1 is 1.09 bits per heavy atom. The van der Waals surface area contributed by atoms with Gasteiger partial charge in [0, 0.05) is 28.8 Å². The smallest absolute Gasteiger partial charge is 0.272 e. The first-order valence-corrected chi connectivity index (χ1v) is 11.0. The van der Waals surface area contributed by atoms with Crippen molar-refractivity contribution in [3.8, 4) is 0 Å². The van der Waals surface area contributed by atoms with Crippen molar-refractivity contribution in [2.75, 3.05) is 0 Å². The van der Waals surface area contributed by atoms with Crippen molar-refractivity contribution < 1.29 is 24.2 Å². The average molecular weight is 499 g/mol. The second-order valence-corrected chi connectivity index (χ2v) is 8.78. The summed E-state index contributed by atoms with van der Waals surface area (Å²) in [6, 6.07) is 8.50. The quantitative estimate of drug-likeness (QED) is 0.254. The molecule has 0 N–H and O–H groups in total. The fourth-order valence-corrected chi connectivity index (χ4v) is 4.65. The third-order valence-corrected chi connectivity index (χ3v) is 6.45. The van der Waals surface area contributed by atoms with E-state index in [9.17, 15) is 34.6 Å². The predicted molar refractivity (Wildman–Crippen MR) is 123 cm³/mol. The van der Waals surface area contributed by atoms with Crippen LogP contribution in [0.15, 0.2) is 54.6 Å². The lowest BCUT2D eigenvalue weighted by molar-refractivity contribution is -0.385. The second-order valence-electron chi connectivity index (χ2n) is 8.34. The minimum absolute atomic E-state index is 0.0335. The molecule has 35 heavy (non-hydrogen) atoms. The molecule has 0 radical (unpaired) electrons. The third-order valence-electron chi connectivity index (χ3n) is 6.21. The number of halogens is 1. The lowest BCUT2D eigenvalue weighted by Crippen LogP contribution is -2.50. The van der Waals surface area contributed by atoms with Crippen LogP contribution < -0.4 is 0 Å². The fraction of sp³-hybridized carbons (Fsp3) is 0.261. The molecule has 3 amide bonds. The summed E-state index contributed by atoms with van der Waals surface area (Å²) >= 11 is 5.90. The topological polar surface area (TPSA) is 144 Å². The Kier molecular flexibility index (Phi) is 6.35. The SMILES string of the molecule is C[C@@H]1C=CC[C@@H]2C(=O)N(N(Cc3ccc(Cl)cc3[N+](=O)[O-])C(=O)c3ccc([N+](=O)[O-])cc3)C(=O)[C@@H]12. The van der Waals surface area contributed by atoms with Gasteiger partial charge < -0.3 is 0 Å². The van der Waals surface area contributed by atoms with Crippen molar-refractivity contribution in [1.29, 1.82) is 0 Å². The number of nitrogens with zero attached hydrogens (tertiary/aromatic N) is 4. The van der Waals surface area contributed by atoms with Gasteiger partial charge in [-0.05, 0) is 36.6 Å². The molecule has 0 spiro atoms. The van der Waals surface area contributed by atoms with E-state index in [-0.39, 0.29) is 33.4 Å². The number of hydrogen-bond donors (Lipinski definition) is 0. The molecule has 1 aliphatic carbocycles. The third kappa shape index (κ3) is 4.37. The van der Waals surface area contributed by atoms with Gasteiger partial charge in [0.15, 0.2) is 0 Å². The summed E-state index contributed by atoms with van der Waals surface area (Å²) in [6.07, 6.45) is 3.98. The zero-order valence-electron chi connectivity index (χ0n) is 18.4. The number of rotatable bonds is 6. The molecule has 1 heterocycles. The van der Waals surface area contributed by atoms with Crippen LogP contribution in [0, 0.1) is 38.0 Å². The molecule has 1 fully saturated rings. The Labute approximate surface area is 203 Å². The first kappa shape index (κ1) is 24.0. The van der Waals surface area contributed by atoms with Crippen molar-refractivity contribution in [2.45, 2.75) is 19.9 Å². The number of allylic oxidation sites excluding steroid dienone is 2. The van der Waals surface area contributed by atoms with Crippen LogP contribution in [0.25, 0.3) is 0 Å². The Hall–Kier alpha value is -4.12. The molecule has 1 aliphatic heterocycles. The molecule has 2 aromatic carbocycles. The van der Waals surface area contributed by atoms with Gasteiger partial charge in [-0.25, -0.2) is 5.01 Å². The molecule has 2 aliphatic rings.